The Balaban J connectivity index is 1.61. The van der Waals surface area contributed by atoms with Crippen molar-refractivity contribution < 1.29 is 34.7 Å². The predicted molar refractivity (Wildman–Crippen MR) is 108 cm³/mol. The van der Waals surface area contributed by atoms with Crippen LogP contribution in [0.3, 0.4) is 0 Å². The predicted octanol–water partition coefficient (Wildman–Crippen LogP) is 1.41. The quantitative estimate of drug-likeness (QED) is 0.575. The van der Waals surface area contributed by atoms with Crippen molar-refractivity contribution in [3.63, 3.8) is 0 Å². The largest absolute Gasteiger partial charge is 0.492 e. The molecule has 7 nitrogen and oxygen atoms in total. The van der Waals surface area contributed by atoms with Gasteiger partial charge in [0.15, 0.2) is 5.78 Å². The zero-order chi connectivity index (χ0) is 21.4. The Morgan fingerprint density at radius 1 is 1.03 bits per heavy atom. The number of carbonyl (C=O) groups excluding carboxylic acids is 1. The molecular formula is C22H23ClO7. The molecule has 0 unspecified atom stereocenters. The zero-order valence-corrected chi connectivity index (χ0v) is 16.8. The molecule has 0 amide bonds. The topological polar surface area (TPSA) is 116 Å². The van der Waals surface area contributed by atoms with Crippen molar-refractivity contribution in [2.75, 3.05) is 13.2 Å². The smallest absolute Gasteiger partial charge is 0.170 e. The summed E-state index contributed by atoms with van der Waals surface area (Å²) in [4.78, 5) is 12.2. The van der Waals surface area contributed by atoms with E-state index in [-0.39, 0.29) is 5.78 Å². The molecule has 2 aromatic carbocycles. The van der Waals surface area contributed by atoms with Gasteiger partial charge in [-0.05, 0) is 41.3 Å². The van der Waals surface area contributed by atoms with E-state index in [2.05, 4.69) is 0 Å². The summed E-state index contributed by atoms with van der Waals surface area (Å²) in [5.74, 6) is 0.621. The summed E-state index contributed by atoms with van der Waals surface area (Å²) >= 11 is 6.38. The van der Waals surface area contributed by atoms with Gasteiger partial charge in [-0.15, -0.1) is 0 Å². The average molecular weight is 435 g/mol. The van der Waals surface area contributed by atoms with Gasteiger partial charge in [0.1, 0.15) is 36.3 Å². The van der Waals surface area contributed by atoms with Crippen molar-refractivity contribution >= 4 is 17.4 Å². The highest BCUT2D eigenvalue weighted by molar-refractivity contribution is 6.31. The van der Waals surface area contributed by atoms with Gasteiger partial charge in [-0.3, -0.25) is 4.79 Å². The molecule has 0 radical (unpaired) electrons. The molecular weight excluding hydrogens is 412 g/mol. The average Bonchev–Trinajstić information content (AvgIpc) is 2.75. The first-order valence-corrected chi connectivity index (χ1v) is 10.1. The highest BCUT2D eigenvalue weighted by Gasteiger charge is 2.44. The van der Waals surface area contributed by atoms with Gasteiger partial charge in [-0.25, -0.2) is 0 Å². The summed E-state index contributed by atoms with van der Waals surface area (Å²) in [5.41, 5.74) is 2.74. The Morgan fingerprint density at radius 3 is 2.60 bits per heavy atom. The molecule has 1 saturated heterocycles. The van der Waals surface area contributed by atoms with E-state index in [0.717, 1.165) is 11.1 Å². The van der Waals surface area contributed by atoms with Crippen molar-refractivity contribution in [1.29, 1.82) is 0 Å². The molecule has 5 atom stereocenters. The Hall–Kier alpha value is -2.00. The number of ketones is 1. The minimum atomic E-state index is -1.45. The van der Waals surface area contributed by atoms with Crippen molar-refractivity contribution in [3.05, 3.63) is 63.7 Å². The summed E-state index contributed by atoms with van der Waals surface area (Å²) in [6.07, 6.45) is -5.37. The third-order valence-electron chi connectivity index (χ3n) is 5.62. The van der Waals surface area contributed by atoms with Crippen LogP contribution in [0.4, 0.5) is 0 Å². The maximum absolute atomic E-state index is 12.2. The number of hydrogen-bond acceptors (Lipinski definition) is 7. The van der Waals surface area contributed by atoms with Crippen LogP contribution >= 0.6 is 11.6 Å². The number of aliphatic hydroxyl groups is 4. The summed E-state index contributed by atoms with van der Waals surface area (Å²) < 4.78 is 11.2. The molecule has 30 heavy (non-hydrogen) atoms. The minimum absolute atomic E-state index is 0.0410. The van der Waals surface area contributed by atoms with E-state index in [4.69, 9.17) is 21.1 Å². The maximum atomic E-state index is 12.2. The summed E-state index contributed by atoms with van der Waals surface area (Å²) in [5, 5.41) is 40.3. The van der Waals surface area contributed by atoms with Crippen LogP contribution in [0.15, 0.2) is 36.4 Å². The zero-order valence-electron chi connectivity index (χ0n) is 16.1. The van der Waals surface area contributed by atoms with Crippen LogP contribution in [-0.4, -0.2) is 63.8 Å². The van der Waals surface area contributed by atoms with Crippen LogP contribution < -0.4 is 4.74 Å². The van der Waals surface area contributed by atoms with Gasteiger partial charge in [0.05, 0.1) is 18.8 Å². The lowest BCUT2D eigenvalue weighted by atomic mass is 9.90. The third kappa shape index (κ3) is 3.97. The second-order valence-electron chi connectivity index (χ2n) is 7.63. The van der Waals surface area contributed by atoms with E-state index in [9.17, 15) is 25.2 Å². The number of ether oxygens (including phenoxy) is 2. The lowest BCUT2D eigenvalue weighted by molar-refractivity contribution is -0.231. The molecule has 2 aromatic rings. The van der Waals surface area contributed by atoms with Crippen LogP contribution in [0.2, 0.25) is 5.02 Å². The number of carbonyl (C=O) groups is 1. The van der Waals surface area contributed by atoms with Gasteiger partial charge < -0.3 is 29.9 Å². The van der Waals surface area contributed by atoms with E-state index < -0.39 is 37.1 Å². The van der Waals surface area contributed by atoms with Gasteiger partial charge in [0.2, 0.25) is 0 Å². The molecule has 4 rings (SSSR count). The number of Topliss-reactive ketones (excluding diaryl/α,β-unsaturated/α-hetero) is 1. The van der Waals surface area contributed by atoms with Crippen molar-refractivity contribution in [2.24, 2.45) is 0 Å². The Bertz CT molecular complexity index is 945. The van der Waals surface area contributed by atoms with Crippen molar-refractivity contribution in [1.82, 2.24) is 0 Å². The highest BCUT2D eigenvalue weighted by Crippen LogP contribution is 2.35. The lowest BCUT2D eigenvalue weighted by Crippen LogP contribution is -2.55. The monoisotopic (exact) mass is 434 g/mol. The number of fused-ring (bicyclic) bond motifs is 1. The van der Waals surface area contributed by atoms with Crippen molar-refractivity contribution in [2.45, 2.75) is 43.4 Å². The first-order valence-electron chi connectivity index (χ1n) is 9.77. The second-order valence-corrected chi connectivity index (χ2v) is 8.04. The molecule has 0 aromatic heterocycles. The van der Waals surface area contributed by atoms with E-state index >= 15 is 0 Å². The first-order chi connectivity index (χ1) is 14.4. The van der Waals surface area contributed by atoms with Gasteiger partial charge >= 0.3 is 0 Å². The molecule has 0 spiro atoms. The van der Waals surface area contributed by atoms with Crippen LogP contribution in [-0.2, 0) is 11.2 Å². The van der Waals surface area contributed by atoms with E-state index in [1.807, 2.05) is 6.07 Å². The number of benzene rings is 2. The highest BCUT2D eigenvalue weighted by atomic mass is 35.5. The second kappa shape index (κ2) is 8.63. The van der Waals surface area contributed by atoms with Gasteiger partial charge in [-0.2, -0.15) is 0 Å². The maximum Gasteiger partial charge on any atom is 0.170 e. The van der Waals surface area contributed by atoms with Crippen LogP contribution in [0.25, 0.3) is 0 Å². The third-order valence-corrected chi connectivity index (χ3v) is 5.98. The first kappa shape index (κ1) is 21.2. The fraction of sp³-hybridized carbons (Fsp3) is 0.409. The SMILES string of the molecule is O=C1CCOc2ccc(Cc3cc([C@@H]4O[C@H](CO)[C@@H](O)[C@H](O)[C@H]4O)ccc3Cl)cc21. The molecule has 4 N–H and O–H groups in total. The molecule has 160 valence electrons. The summed E-state index contributed by atoms with van der Waals surface area (Å²) in [6, 6.07) is 10.5. The normalized spacial score (nSPS) is 28.7. The van der Waals surface area contributed by atoms with Gasteiger partial charge in [0, 0.05) is 11.4 Å². The molecule has 2 aliphatic rings. The van der Waals surface area contributed by atoms with Crippen molar-refractivity contribution in [3.8, 4) is 5.75 Å². The van der Waals surface area contributed by atoms with Crippen LogP contribution in [0.5, 0.6) is 5.75 Å². The van der Waals surface area contributed by atoms with Crippen LogP contribution in [0, 0.1) is 0 Å². The number of halogens is 1. The Labute approximate surface area is 178 Å². The molecule has 2 aliphatic heterocycles. The van der Waals surface area contributed by atoms with E-state index in [1.165, 1.54) is 0 Å². The molecule has 0 bridgehead atoms. The van der Waals surface area contributed by atoms with Crippen LogP contribution in [0.1, 0.15) is 39.6 Å². The Morgan fingerprint density at radius 2 is 1.83 bits per heavy atom. The summed E-state index contributed by atoms with van der Waals surface area (Å²) in [7, 11) is 0. The van der Waals surface area contributed by atoms with Gasteiger partial charge in [-0.1, -0.05) is 29.8 Å². The lowest BCUT2D eigenvalue weighted by Gasteiger charge is -2.40. The summed E-state index contributed by atoms with van der Waals surface area (Å²) in [6.45, 7) is -0.106. The molecule has 1 fully saturated rings. The fourth-order valence-electron chi connectivity index (χ4n) is 3.92. The molecule has 8 heteroatoms. The number of rotatable bonds is 4. The number of aliphatic hydroxyl groups excluding tert-OH is 4. The minimum Gasteiger partial charge on any atom is -0.492 e. The van der Waals surface area contributed by atoms with E-state index in [1.54, 1.807) is 30.3 Å². The number of hydrogen-bond donors (Lipinski definition) is 4. The molecule has 0 saturated carbocycles. The molecule has 0 aliphatic carbocycles. The Kier molecular flexibility index (Phi) is 6.11. The van der Waals surface area contributed by atoms with Gasteiger partial charge in [0.25, 0.3) is 0 Å². The van der Waals surface area contributed by atoms with E-state index in [0.29, 0.717) is 41.3 Å². The standard InChI is InChI=1S/C22H23ClO7/c23-15-3-2-12(22-21(28)20(27)19(26)18(10-24)30-22)9-13(15)7-11-1-4-17-14(8-11)16(25)5-6-29-17/h1-4,8-9,18-22,24,26-28H,5-7,10H2/t18-,19-,20+,21-,22+/m1/s1. The fourth-order valence-corrected chi connectivity index (χ4v) is 4.11. The molecule has 2 heterocycles.